The molecule has 6 N–H and O–H groups in total. The zero-order valence-corrected chi connectivity index (χ0v) is 37.0. The molecule has 1 fully saturated rings. The van der Waals surface area contributed by atoms with Crippen molar-refractivity contribution < 1.29 is 39.8 Å². The first-order valence-corrected chi connectivity index (χ1v) is 23.9. The van der Waals surface area contributed by atoms with E-state index in [1.165, 1.54) is 109 Å². The normalized spacial score (nSPS) is 21.3. The summed E-state index contributed by atoms with van der Waals surface area (Å²) in [5.74, 6) is -0.188. The van der Waals surface area contributed by atoms with E-state index >= 15 is 0 Å². The van der Waals surface area contributed by atoms with Gasteiger partial charge in [0.15, 0.2) is 6.29 Å². The summed E-state index contributed by atoms with van der Waals surface area (Å²) in [6.07, 6.45) is 42.9. The molecule has 58 heavy (non-hydrogen) atoms. The maximum Gasteiger partial charge on any atom is 0.220 e. The molecule has 9 nitrogen and oxygen atoms in total. The van der Waals surface area contributed by atoms with Crippen molar-refractivity contribution >= 4 is 5.91 Å². The fraction of sp³-hybridized carbons (Fsp3) is 0.816. The highest BCUT2D eigenvalue weighted by atomic mass is 16.7. The molecule has 0 spiro atoms. The van der Waals surface area contributed by atoms with Crippen LogP contribution >= 0.6 is 0 Å². The number of allylic oxidation sites excluding steroid dienone is 7. The van der Waals surface area contributed by atoms with Gasteiger partial charge in [0.2, 0.25) is 5.91 Å². The third kappa shape index (κ3) is 29.4. The van der Waals surface area contributed by atoms with Crippen LogP contribution in [0.4, 0.5) is 0 Å². The van der Waals surface area contributed by atoms with Crippen molar-refractivity contribution in [3.63, 3.8) is 0 Å². The Bertz CT molecular complexity index is 1050. The van der Waals surface area contributed by atoms with Crippen molar-refractivity contribution in [3.05, 3.63) is 48.6 Å². The minimum Gasteiger partial charge on any atom is -0.394 e. The lowest BCUT2D eigenvalue weighted by Gasteiger charge is -2.40. The maximum atomic E-state index is 13.0. The molecule has 7 unspecified atom stereocenters. The number of aliphatic hydroxyl groups is 5. The Morgan fingerprint density at radius 1 is 0.603 bits per heavy atom. The van der Waals surface area contributed by atoms with E-state index in [0.717, 1.165) is 70.6 Å². The Balaban J connectivity index is 2.35. The molecule has 1 aliphatic heterocycles. The van der Waals surface area contributed by atoms with Crippen LogP contribution < -0.4 is 5.32 Å². The molecule has 338 valence electrons. The van der Waals surface area contributed by atoms with Gasteiger partial charge in [0, 0.05) is 6.42 Å². The van der Waals surface area contributed by atoms with Crippen LogP contribution in [0.1, 0.15) is 200 Å². The minimum atomic E-state index is -1.57. The lowest BCUT2D eigenvalue weighted by molar-refractivity contribution is -0.302. The SMILES string of the molecule is CC/C=C\C/C=C\C/C=C\CCCCCCCCCC(=O)NC(COC1OC(CO)C(O)C(O)C1O)C(O)/C=C/CCCCCCCCCCCCCCCCCC. The number of rotatable bonds is 39. The molecular weight excluding hydrogens is 731 g/mol. The summed E-state index contributed by atoms with van der Waals surface area (Å²) in [5, 5.41) is 54.3. The van der Waals surface area contributed by atoms with Crippen molar-refractivity contribution in [2.75, 3.05) is 13.2 Å². The Morgan fingerprint density at radius 3 is 1.59 bits per heavy atom. The first-order chi connectivity index (χ1) is 28.3. The van der Waals surface area contributed by atoms with Gasteiger partial charge >= 0.3 is 0 Å². The van der Waals surface area contributed by atoms with E-state index in [9.17, 15) is 30.3 Å². The highest BCUT2D eigenvalue weighted by Crippen LogP contribution is 2.23. The van der Waals surface area contributed by atoms with E-state index in [1.54, 1.807) is 6.08 Å². The third-order valence-corrected chi connectivity index (χ3v) is 11.2. The van der Waals surface area contributed by atoms with Crippen LogP contribution in [0.2, 0.25) is 0 Å². The molecule has 1 aliphatic rings. The van der Waals surface area contributed by atoms with Crippen LogP contribution in [0.3, 0.4) is 0 Å². The Kier molecular flexibility index (Phi) is 36.7. The zero-order valence-electron chi connectivity index (χ0n) is 37.0. The molecular formula is C49H89NO8. The number of carbonyl (C=O) groups is 1. The second-order valence-electron chi connectivity index (χ2n) is 16.5. The number of carbonyl (C=O) groups excluding carboxylic acids is 1. The summed E-state index contributed by atoms with van der Waals surface area (Å²) in [6, 6.07) is -0.810. The molecule has 0 aromatic rings. The standard InChI is InChI=1S/C49H89NO8/c1-3-5-7-9-11-13-15-17-19-21-23-24-26-28-30-32-34-36-38-43(52)42(41-57-49-48(56)47(55)46(54)44(40-51)58-49)50-45(53)39-37-35-33-31-29-27-25-22-20-18-16-14-12-10-8-6-4-2/h6,8,12,14,18,20,36,38,42-44,46-49,51-52,54-56H,3-5,7,9-11,13,15-17,19,21-35,37,39-41H2,1-2H3,(H,50,53)/b8-6-,14-12-,20-18-,38-36+. The molecule has 0 radical (unpaired) electrons. The Morgan fingerprint density at radius 2 is 1.07 bits per heavy atom. The number of ether oxygens (including phenoxy) is 2. The van der Waals surface area contributed by atoms with Crippen LogP contribution in [0, 0.1) is 0 Å². The van der Waals surface area contributed by atoms with Gasteiger partial charge in [0.1, 0.15) is 24.4 Å². The average Bonchev–Trinajstić information content (AvgIpc) is 3.22. The number of nitrogens with one attached hydrogen (secondary N) is 1. The maximum absolute atomic E-state index is 13.0. The van der Waals surface area contributed by atoms with Crippen molar-refractivity contribution in [2.24, 2.45) is 0 Å². The summed E-state index contributed by atoms with van der Waals surface area (Å²) in [6.45, 7) is 3.66. The third-order valence-electron chi connectivity index (χ3n) is 11.2. The van der Waals surface area contributed by atoms with E-state index in [0.29, 0.717) is 6.42 Å². The number of unbranched alkanes of at least 4 members (excludes halogenated alkanes) is 23. The monoisotopic (exact) mass is 820 g/mol. The van der Waals surface area contributed by atoms with E-state index in [4.69, 9.17) is 9.47 Å². The van der Waals surface area contributed by atoms with Crippen LogP contribution in [0.5, 0.6) is 0 Å². The smallest absolute Gasteiger partial charge is 0.220 e. The average molecular weight is 820 g/mol. The van der Waals surface area contributed by atoms with E-state index in [-0.39, 0.29) is 12.5 Å². The van der Waals surface area contributed by atoms with Crippen molar-refractivity contribution in [1.82, 2.24) is 5.32 Å². The number of hydrogen-bond acceptors (Lipinski definition) is 8. The van der Waals surface area contributed by atoms with Gasteiger partial charge in [-0.05, 0) is 51.4 Å². The Hall–Kier alpha value is -1.85. The predicted octanol–water partition coefficient (Wildman–Crippen LogP) is 10.2. The molecule has 0 aliphatic carbocycles. The zero-order chi connectivity index (χ0) is 42.3. The summed E-state index contributed by atoms with van der Waals surface area (Å²) < 4.78 is 11.2. The molecule has 1 saturated heterocycles. The number of hydrogen-bond donors (Lipinski definition) is 6. The second kappa shape index (κ2) is 39.3. The van der Waals surface area contributed by atoms with Gasteiger partial charge in [0.25, 0.3) is 0 Å². The summed E-state index contributed by atoms with van der Waals surface area (Å²) in [5.41, 5.74) is 0. The quantitative estimate of drug-likeness (QED) is 0.0265. The van der Waals surface area contributed by atoms with Crippen LogP contribution in [-0.2, 0) is 14.3 Å². The summed E-state index contributed by atoms with van der Waals surface area (Å²) in [7, 11) is 0. The highest BCUT2D eigenvalue weighted by Gasteiger charge is 2.44. The van der Waals surface area contributed by atoms with E-state index < -0.39 is 49.5 Å². The molecule has 1 rings (SSSR count). The van der Waals surface area contributed by atoms with Gasteiger partial charge in [-0.15, -0.1) is 0 Å². The minimum absolute atomic E-state index is 0.188. The topological polar surface area (TPSA) is 149 Å². The van der Waals surface area contributed by atoms with Gasteiger partial charge in [-0.2, -0.15) is 0 Å². The first-order valence-electron chi connectivity index (χ1n) is 23.9. The largest absolute Gasteiger partial charge is 0.394 e. The van der Waals surface area contributed by atoms with Gasteiger partial charge < -0.3 is 40.3 Å². The second-order valence-corrected chi connectivity index (χ2v) is 16.5. The van der Waals surface area contributed by atoms with Crippen molar-refractivity contribution in [1.29, 1.82) is 0 Å². The molecule has 0 aromatic heterocycles. The number of amides is 1. The van der Waals surface area contributed by atoms with Crippen molar-refractivity contribution in [2.45, 2.75) is 243 Å². The van der Waals surface area contributed by atoms with Crippen LogP contribution in [0.25, 0.3) is 0 Å². The van der Waals surface area contributed by atoms with E-state index in [1.807, 2.05) is 6.08 Å². The highest BCUT2D eigenvalue weighted by molar-refractivity contribution is 5.76. The molecule has 7 atom stereocenters. The summed E-state index contributed by atoms with van der Waals surface area (Å²) in [4.78, 5) is 13.0. The van der Waals surface area contributed by atoms with Gasteiger partial charge in [-0.1, -0.05) is 191 Å². The van der Waals surface area contributed by atoms with Gasteiger partial charge in [-0.25, -0.2) is 0 Å². The van der Waals surface area contributed by atoms with Gasteiger partial charge in [-0.3, -0.25) is 4.79 Å². The summed E-state index contributed by atoms with van der Waals surface area (Å²) >= 11 is 0. The predicted molar refractivity (Wildman–Crippen MR) is 239 cm³/mol. The Labute approximate surface area is 354 Å². The lowest BCUT2D eigenvalue weighted by atomic mass is 9.99. The van der Waals surface area contributed by atoms with Crippen LogP contribution in [-0.4, -0.2) is 87.5 Å². The molecule has 1 heterocycles. The molecule has 1 amide bonds. The molecule has 0 aromatic carbocycles. The molecule has 0 bridgehead atoms. The number of aliphatic hydroxyl groups excluding tert-OH is 5. The fourth-order valence-electron chi connectivity index (χ4n) is 7.35. The van der Waals surface area contributed by atoms with Crippen molar-refractivity contribution in [3.8, 4) is 0 Å². The lowest BCUT2D eigenvalue weighted by Crippen LogP contribution is -2.60. The fourth-order valence-corrected chi connectivity index (χ4v) is 7.35. The molecule has 0 saturated carbocycles. The molecule has 9 heteroatoms. The van der Waals surface area contributed by atoms with Gasteiger partial charge in [0.05, 0.1) is 25.4 Å². The van der Waals surface area contributed by atoms with E-state index in [2.05, 4.69) is 55.6 Å². The first kappa shape index (κ1) is 54.2. The van der Waals surface area contributed by atoms with Crippen LogP contribution in [0.15, 0.2) is 48.6 Å².